The van der Waals surface area contributed by atoms with Gasteiger partial charge in [-0.1, -0.05) is 6.07 Å². The monoisotopic (exact) mass is 282 g/mol. The molecule has 1 heterocycles. The summed E-state index contributed by atoms with van der Waals surface area (Å²) in [5, 5.41) is 4.91. The van der Waals surface area contributed by atoms with E-state index in [1.165, 1.54) is 20.1 Å². The fourth-order valence-electron chi connectivity index (χ4n) is 2.02. The number of urea groups is 1. The Kier molecular flexibility index (Phi) is 3.69. The molecular formula is C13H12F2N2O3. The Morgan fingerprint density at radius 1 is 1.30 bits per heavy atom. The first-order valence-corrected chi connectivity index (χ1v) is 5.75. The van der Waals surface area contributed by atoms with Crippen molar-refractivity contribution in [2.24, 2.45) is 0 Å². The Balaban J connectivity index is 2.50. The maximum Gasteiger partial charge on any atom is 0.337 e. The largest absolute Gasteiger partial charge is 0.466 e. The van der Waals surface area contributed by atoms with E-state index in [-0.39, 0.29) is 11.1 Å². The molecule has 0 bridgehead atoms. The molecule has 2 amide bonds. The van der Waals surface area contributed by atoms with Crippen LogP contribution < -0.4 is 10.6 Å². The molecule has 1 aromatic carbocycles. The Labute approximate surface area is 113 Å². The number of carbonyl (C=O) groups is 2. The summed E-state index contributed by atoms with van der Waals surface area (Å²) < 4.78 is 30.9. The van der Waals surface area contributed by atoms with Crippen molar-refractivity contribution in [2.75, 3.05) is 7.11 Å². The summed E-state index contributed by atoms with van der Waals surface area (Å²) in [4.78, 5) is 23.3. The first-order chi connectivity index (χ1) is 9.43. The van der Waals surface area contributed by atoms with Crippen LogP contribution in [0.4, 0.5) is 13.6 Å². The second-order valence-electron chi connectivity index (χ2n) is 4.24. The molecule has 1 aliphatic rings. The number of rotatable bonds is 2. The van der Waals surface area contributed by atoms with Crippen LogP contribution in [0.2, 0.25) is 0 Å². The van der Waals surface area contributed by atoms with Crippen molar-refractivity contribution >= 4 is 12.0 Å². The quantitative estimate of drug-likeness (QED) is 0.812. The molecule has 1 atom stereocenters. The van der Waals surface area contributed by atoms with Crippen molar-refractivity contribution in [2.45, 2.75) is 13.0 Å². The first kappa shape index (κ1) is 14.0. The number of benzene rings is 1. The van der Waals surface area contributed by atoms with E-state index in [1.54, 1.807) is 0 Å². The van der Waals surface area contributed by atoms with E-state index >= 15 is 0 Å². The zero-order valence-corrected chi connectivity index (χ0v) is 10.8. The molecule has 106 valence electrons. The van der Waals surface area contributed by atoms with E-state index in [0.29, 0.717) is 5.70 Å². The van der Waals surface area contributed by atoms with Gasteiger partial charge in [0.15, 0.2) is 11.6 Å². The zero-order valence-electron chi connectivity index (χ0n) is 10.8. The van der Waals surface area contributed by atoms with Gasteiger partial charge in [0.25, 0.3) is 0 Å². The predicted molar refractivity (Wildman–Crippen MR) is 65.5 cm³/mol. The summed E-state index contributed by atoms with van der Waals surface area (Å²) in [6, 6.07) is 1.73. The lowest BCUT2D eigenvalue weighted by atomic mass is 9.95. The second-order valence-corrected chi connectivity index (χ2v) is 4.24. The molecule has 2 N–H and O–H groups in total. The number of nitrogens with one attached hydrogen (secondary N) is 2. The van der Waals surface area contributed by atoms with Gasteiger partial charge in [-0.15, -0.1) is 0 Å². The van der Waals surface area contributed by atoms with Gasteiger partial charge in [-0.25, -0.2) is 18.4 Å². The summed E-state index contributed by atoms with van der Waals surface area (Å²) in [7, 11) is 1.20. The van der Waals surface area contributed by atoms with Gasteiger partial charge in [-0.05, 0) is 24.6 Å². The third-order valence-electron chi connectivity index (χ3n) is 2.95. The van der Waals surface area contributed by atoms with Crippen LogP contribution in [0.1, 0.15) is 18.5 Å². The van der Waals surface area contributed by atoms with Gasteiger partial charge in [-0.3, -0.25) is 0 Å². The molecule has 2 rings (SSSR count). The fourth-order valence-corrected chi connectivity index (χ4v) is 2.02. The summed E-state index contributed by atoms with van der Waals surface area (Å²) in [6.07, 6.45) is 0. The molecule has 0 spiro atoms. The lowest BCUT2D eigenvalue weighted by molar-refractivity contribution is -0.136. The molecule has 0 unspecified atom stereocenters. The Bertz CT molecular complexity index is 614. The number of allylic oxidation sites excluding steroid dienone is 1. The zero-order chi connectivity index (χ0) is 14.9. The molecule has 1 aliphatic heterocycles. The highest BCUT2D eigenvalue weighted by molar-refractivity contribution is 5.94. The predicted octanol–water partition coefficient (Wildman–Crippen LogP) is 1.77. The summed E-state index contributed by atoms with van der Waals surface area (Å²) >= 11 is 0. The molecule has 0 aliphatic carbocycles. The molecule has 5 nitrogen and oxygen atoms in total. The minimum atomic E-state index is -1.06. The lowest BCUT2D eigenvalue weighted by Crippen LogP contribution is -2.45. The number of methoxy groups -OCH3 is 1. The van der Waals surface area contributed by atoms with Crippen LogP contribution in [0, 0.1) is 11.6 Å². The average molecular weight is 282 g/mol. The fraction of sp³-hybridized carbons (Fsp3) is 0.231. The topological polar surface area (TPSA) is 67.4 Å². The van der Waals surface area contributed by atoms with Crippen LogP contribution in [0.5, 0.6) is 0 Å². The number of amides is 2. The molecule has 0 saturated carbocycles. The molecular weight excluding hydrogens is 270 g/mol. The van der Waals surface area contributed by atoms with Crippen LogP contribution in [0.3, 0.4) is 0 Å². The van der Waals surface area contributed by atoms with Crippen molar-refractivity contribution in [3.63, 3.8) is 0 Å². The van der Waals surface area contributed by atoms with E-state index in [0.717, 1.165) is 12.1 Å². The highest BCUT2D eigenvalue weighted by atomic mass is 19.2. The van der Waals surface area contributed by atoms with Crippen molar-refractivity contribution < 1.29 is 23.1 Å². The average Bonchev–Trinajstić information content (AvgIpc) is 2.40. The number of hydrogen-bond donors (Lipinski definition) is 2. The number of hydrogen-bond acceptors (Lipinski definition) is 3. The minimum Gasteiger partial charge on any atom is -0.466 e. The molecule has 7 heteroatoms. The molecule has 20 heavy (non-hydrogen) atoms. The summed E-state index contributed by atoms with van der Waals surface area (Å²) in [5.74, 6) is -2.73. The normalized spacial score (nSPS) is 18.4. The standard InChI is InChI=1S/C13H12F2N2O3/c1-6-10(12(18)20-2)11(17-13(19)16-6)7-3-4-8(14)9(15)5-7/h3-5,11H,1-2H3,(H2,16,17,19)/t11-/m0/s1. The third-order valence-corrected chi connectivity index (χ3v) is 2.95. The Morgan fingerprint density at radius 2 is 2.00 bits per heavy atom. The SMILES string of the molecule is COC(=O)C1=C(C)NC(=O)N[C@H]1c1ccc(F)c(F)c1. The summed E-state index contributed by atoms with van der Waals surface area (Å²) in [5.41, 5.74) is 0.687. The van der Waals surface area contributed by atoms with Gasteiger partial charge in [0, 0.05) is 5.70 Å². The van der Waals surface area contributed by atoms with Gasteiger partial charge in [0.2, 0.25) is 0 Å². The van der Waals surface area contributed by atoms with Crippen LogP contribution in [0.15, 0.2) is 29.5 Å². The van der Waals surface area contributed by atoms with Crippen LogP contribution in [0.25, 0.3) is 0 Å². The molecule has 0 radical (unpaired) electrons. The number of carbonyl (C=O) groups excluding carboxylic acids is 2. The Hall–Kier alpha value is -2.44. The van der Waals surface area contributed by atoms with Crippen molar-refractivity contribution in [1.82, 2.24) is 10.6 Å². The van der Waals surface area contributed by atoms with Crippen molar-refractivity contribution in [3.8, 4) is 0 Å². The molecule has 1 aromatic rings. The smallest absolute Gasteiger partial charge is 0.337 e. The maximum absolute atomic E-state index is 13.3. The first-order valence-electron chi connectivity index (χ1n) is 5.75. The van der Waals surface area contributed by atoms with Gasteiger partial charge in [0.1, 0.15) is 0 Å². The van der Waals surface area contributed by atoms with Crippen LogP contribution >= 0.6 is 0 Å². The van der Waals surface area contributed by atoms with E-state index in [4.69, 9.17) is 0 Å². The number of halogens is 2. The van der Waals surface area contributed by atoms with Crippen LogP contribution in [-0.2, 0) is 9.53 Å². The third kappa shape index (κ3) is 2.47. The van der Waals surface area contributed by atoms with E-state index < -0.39 is 29.7 Å². The van der Waals surface area contributed by atoms with Gasteiger partial charge in [0.05, 0.1) is 18.7 Å². The van der Waals surface area contributed by atoms with Crippen molar-refractivity contribution in [1.29, 1.82) is 0 Å². The molecule has 0 fully saturated rings. The highest BCUT2D eigenvalue weighted by Crippen LogP contribution is 2.28. The number of ether oxygens (including phenoxy) is 1. The molecule has 0 aromatic heterocycles. The number of esters is 1. The second kappa shape index (κ2) is 5.28. The van der Waals surface area contributed by atoms with Gasteiger partial charge < -0.3 is 15.4 Å². The van der Waals surface area contributed by atoms with E-state index in [2.05, 4.69) is 15.4 Å². The summed E-state index contributed by atoms with van der Waals surface area (Å²) in [6.45, 7) is 1.53. The minimum absolute atomic E-state index is 0.137. The van der Waals surface area contributed by atoms with Crippen molar-refractivity contribution in [3.05, 3.63) is 46.7 Å². The van der Waals surface area contributed by atoms with Crippen LogP contribution in [-0.4, -0.2) is 19.1 Å². The van der Waals surface area contributed by atoms with E-state index in [1.807, 2.05) is 0 Å². The maximum atomic E-state index is 13.3. The van der Waals surface area contributed by atoms with Gasteiger partial charge >= 0.3 is 12.0 Å². The highest BCUT2D eigenvalue weighted by Gasteiger charge is 2.32. The molecule has 0 saturated heterocycles. The Morgan fingerprint density at radius 3 is 2.60 bits per heavy atom. The van der Waals surface area contributed by atoms with Gasteiger partial charge in [-0.2, -0.15) is 0 Å². The lowest BCUT2D eigenvalue weighted by Gasteiger charge is -2.27. The van der Waals surface area contributed by atoms with E-state index in [9.17, 15) is 18.4 Å².